The first kappa shape index (κ1) is 9.83. The molecule has 2 aromatic carbocycles. The highest BCUT2D eigenvalue weighted by Crippen LogP contribution is 2.37. The van der Waals surface area contributed by atoms with Crippen molar-refractivity contribution in [1.82, 2.24) is 4.98 Å². The first-order chi connectivity index (χ1) is 17.1. The van der Waals surface area contributed by atoms with Gasteiger partial charge in [0.15, 0.2) is 11.8 Å². The lowest BCUT2D eigenvalue weighted by molar-refractivity contribution is -0.660. The molecule has 0 amide bonds. The number of aryl methyl sites for hydroxylation is 5. The quantitative estimate of drug-likeness (QED) is 0.343. The molecule has 0 unspecified atom stereocenters. The monoisotopic (exact) mass is 376 g/mol. The van der Waals surface area contributed by atoms with Gasteiger partial charge in [-0.15, -0.1) is 0 Å². The fraction of sp³-hybridized carbons (Fsp3) is 0.200. The summed E-state index contributed by atoms with van der Waals surface area (Å²) in [6.07, 6.45) is 1.33. The Morgan fingerprint density at radius 2 is 1.75 bits per heavy atom. The van der Waals surface area contributed by atoms with Crippen molar-refractivity contribution < 1.29 is 21.3 Å². The highest BCUT2D eigenvalue weighted by molar-refractivity contribution is 6.11. The SMILES string of the molecule is [2H]C([2H])([2H])c1cc(-c2c(C)ccc3c2oc2nc4cccc(C([2H])([2H])[2H])c4cc23)[n+](C)cc1C([2H])([2H])[2H]. The van der Waals surface area contributed by atoms with Gasteiger partial charge in [0, 0.05) is 40.1 Å². The number of nitrogens with zero attached hydrogens (tertiary/aromatic N) is 2. The highest BCUT2D eigenvalue weighted by atomic mass is 16.3. The van der Waals surface area contributed by atoms with Gasteiger partial charge in [0.1, 0.15) is 7.05 Å². The number of hydrogen-bond donors (Lipinski definition) is 0. The van der Waals surface area contributed by atoms with Gasteiger partial charge in [0.05, 0.1) is 11.1 Å². The zero-order chi connectivity index (χ0) is 27.1. The standard InChI is InChI=1S/C25H23N2O/c1-14-7-6-8-21-19(14)12-20-18-10-9-15(2)23(24(18)28-25(20)26-21)22-11-16(3)17(4)13-27(22)5/h6-13H,1-5H3/q+1/i1D3,3D3,4D3. The van der Waals surface area contributed by atoms with Crippen LogP contribution in [-0.2, 0) is 7.05 Å². The molecule has 138 valence electrons. The normalized spacial score (nSPS) is 17.9. The van der Waals surface area contributed by atoms with E-state index in [0.717, 1.165) is 5.56 Å². The third-order valence-corrected chi connectivity index (χ3v) is 5.21. The summed E-state index contributed by atoms with van der Waals surface area (Å²) in [5, 5.41) is 1.80. The van der Waals surface area contributed by atoms with E-state index in [1.54, 1.807) is 35.9 Å². The van der Waals surface area contributed by atoms with Gasteiger partial charge in [-0.25, -0.2) is 9.55 Å². The van der Waals surface area contributed by atoms with Crippen molar-refractivity contribution in [2.75, 3.05) is 0 Å². The second kappa shape index (κ2) is 5.90. The maximum absolute atomic E-state index is 7.98. The summed E-state index contributed by atoms with van der Waals surface area (Å²) >= 11 is 0. The molecule has 0 fully saturated rings. The van der Waals surface area contributed by atoms with Gasteiger partial charge in [-0.05, 0) is 56.3 Å². The average Bonchev–Trinajstić information content (AvgIpc) is 3.12. The maximum Gasteiger partial charge on any atom is 0.227 e. The molecule has 5 aromatic rings. The van der Waals surface area contributed by atoms with E-state index in [4.69, 9.17) is 16.8 Å². The highest BCUT2D eigenvalue weighted by Gasteiger charge is 2.22. The molecule has 0 radical (unpaired) electrons. The van der Waals surface area contributed by atoms with Crippen LogP contribution < -0.4 is 4.57 Å². The number of pyridine rings is 2. The van der Waals surface area contributed by atoms with Crippen molar-refractivity contribution in [3.05, 3.63) is 70.9 Å². The van der Waals surface area contributed by atoms with Gasteiger partial charge in [-0.3, -0.25) is 0 Å². The largest absolute Gasteiger partial charge is 0.437 e. The van der Waals surface area contributed by atoms with Crippen molar-refractivity contribution in [2.24, 2.45) is 7.05 Å². The minimum absolute atomic E-state index is 0.190. The molecule has 0 aliphatic heterocycles. The molecule has 0 N–H and O–H groups in total. The molecule has 0 aliphatic rings. The van der Waals surface area contributed by atoms with Gasteiger partial charge in [-0.2, -0.15) is 0 Å². The molecule has 3 heteroatoms. The Labute approximate surface area is 176 Å². The Hall–Kier alpha value is -3.20. The number of aromatic nitrogens is 2. The van der Waals surface area contributed by atoms with Crippen LogP contribution in [0, 0.1) is 27.5 Å². The topological polar surface area (TPSA) is 29.9 Å². The smallest absolute Gasteiger partial charge is 0.227 e. The summed E-state index contributed by atoms with van der Waals surface area (Å²) in [4.78, 5) is 4.59. The van der Waals surface area contributed by atoms with Crippen molar-refractivity contribution in [2.45, 2.75) is 27.5 Å². The number of hydrogen-bond acceptors (Lipinski definition) is 2. The zero-order valence-electron chi connectivity index (χ0n) is 24.4. The van der Waals surface area contributed by atoms with Crippen LogP contribution in [0.2, 0.25) is 0 Å². The minimum Gasteiger partial charge on any atom is -0.437 e. The molecule has 0 saturated heterocycles. The van der Waals surface area contributed by atoms with Crippen molar-refractivity contribution in [3.63, 3.8) is 0 Å². The Morgan fingerprint density at radius 1 is 0.893 bits per heavy atom. The van der Waals surface area contributed by atoms with E-state index in [9.17, 15) is 0 Å². The van der Waals surface area contributed by atoms with E-state index >= 15 is 0 Å². The molecule has 0 atom stereocenters. The molecule has 5 rings (SSSR count). The summed E-state index contributed by atoms with van der Waals surface area (Å²) in [6, 6.07) is 11.8. The second-order valence-corrected chi connectivity index (χ2v) is 7.05. The number of furan rings is 1. The lowest BCUT2D eigenvalue weighted by Gasteiger charge is -2.07. The first-order valence-corrected chi connectivity index (χ1v) is 8.88. The molecule has 0 spiro atoms. The van der Waals surface area contributed by atoms with Crippen LogP contribution in [0.1, 0.15) is 34.6 Å². The fourth-order valence-electron chi connectivity index (χ4n) is 3.76. The van der Waals surface area contributed by atoms with E-state index < -0.39 is 20.6 Å². The second-order valence-electron chi connectivity index (χ2n) is 7.05. The molecule has 3 aromatic heterocycles. The Bertz CT molecular complexity index is 1710. The van der Waals surface area contributed by atoms with Gasteiger partial charge < -0.3 is 4.42 Å². The Balaban J connectivity index is 1.86. The van der Waals surface area contributed by atoms with E-state index in [0.29, 0.717) is 44.2 Å². The Morgan fingerprint density at radius 3 is 2.57 bits per heavy atom. The van der Waals surface area contributed by atoms with E-state index in [1.807, 2.05) is 19.1 Å². The van der Waals surface area contributed by atoms with Crippen LogP contribution >= 0.6 is 0 Å². The molecule has 0 aliphatic carbocycles. The number of rotatable bonds is 1. The van der Waals surface area contributed by atoms with Crippen LogP contribution in [0.25, 0.3) is 44.2 Å². The molecule has 3 heterocycles. The van der Waals surface area contributed by atoms with E-state index in [1.165, 1.54) is 12.3 Å². The molecule has 3 nitrogen and oxygen atoms in total. The van der Waals surface area contributed by atoms with Gasteiger partial charge in [0.2, 0.25) is 11.4 Å². The minimum atomic E-state index is -2.65. The predicted octanol–water partition coefficient (Wildman–Crippen LogP) is 5.86. The summed E-state index contributed by atoms with van der Waals surface area (Å²) in [5.74, 6) is 0. The fourth-order valence-corrected chi connectivity index (χ4v) is 3.76. The molecule has 0 bridgehead atoms. The number of fused-ring (bicyclic) bond motifs is 4. The van der Waals surface area contributed by atoms with Crippen LogP contribution in [0.4, 0.5) is 0 Å². The lowest BCUT2D eigenvalue weighted by Crippen LogP contribution is -2.31. The van der Waals surface area contributed by atoms with Crippen molar-refractivity contribution in [1.29, 1.82) is 0 Å². The molecule has 28 heavy (non-hydrogen) atoms. The Kier molecular flexibility index (Phi) is 2.07. The van der Waals surface area contributed by atoms with Gasteiger partial charge in [0.25, 0.3) is 0 Å². The summed E-state index contributed by atoms with van der Waals surface area (Å²) in [5.41, 5.74) is 2.79. The van der Waals surface area contributed by atoms with Gasteiger partial charge in [-0.1, -0.05) is 24.3 Å². The van der Waals surface area contributed by atoms with Crippen molar-refractivity contribution >= 4 is 33.0 Å². The van der Waals surface area contributed by atoms with Crippen LogP contribution in [0.5, 0.6) is 0 Å². The molecule has 0 saturated carbocycles. The third kappa shape index (κ3) is 2.36. The van der Waals surface area contributed by atoms with Crippen LogP contribution in [-0.4, -0.2) is 4.98 Å². The molecular weight excluding hydrogens is 344 g/mol. The molecular formula is C25H23N2O+. The first-order valence-electron chi connectivity index (χ1n) is 13.4. The predicted molar refractivity (Wildman–Crippen MR) is 115 cm³/mol. The maximum atomic E-state index is 7.98. The van der Waals surface area contributed by atoms with Crippen LogP contribution in [0.3, 0.4) is 0 Å². The lowest BCUT2D eigenvalue weighted by atomic mass is 9.99. The summed E-state index contributed by atoms with van der Waals surface area (Å²) in [6.45, 7) is -5.72. The zero-order valence-corrected chi connectivity index (χ0v) is 15.4. The van der Waals surface area contributed by atoms with E-state index in [2.05, 4.69) is 4.98 Å². The van der Waals surface area contributed by atoms with Crippen LogP contribution in [0.15, 0.2) is 53.1 Å². The van der Waals surface area contributed by atoms with E-state index in [-0.39, 0.29) is 16.7 Å². The van der Waals surface area contributed by atoms with Gasteiger partial charge >= 0.3 is 0 Å². The van der Waals surface area contributed by atoms with Crippen molar-refractivity contribution in [3.8, 4) is 11.3 Å². The average molecular weight is 377 g/mol. The summed E-state index contributed by atoms with van der Waals surface area (Å²) in [7, 11) is 1.66. The number of benzene rings is 2. The third-order valence-electron chi connectivity index (χ3n) is 5.21. The summed E-state index contributed by atoms with van der Waals surface area (Å²) < 4.78 is 79.0.